The molecule has 4 nitrogen and oxygen atoms in total. The number of halogens is 2. The van der Waals surface area contributed by atoms with Crippen molar-refractivity contribution in [3.8, 4) is 5.75 Å². The molecule has 0 radical (unpaired) electrons. The van der Waals surface area contributed by atoms with E-state index in [1.54, 1.807) is 36.7 Å². The zero-order valence-electron chi connectivity index (χ0n) is 12.8. The fourth-order valence-corrected chi connectivity index (χ4v) is 2.34. The Bertz CT molecular complexity index is 579. The lowest BCUT2D eigenvalue weighted by Gasteiger charge is -2.20. The number of aliphatic hydroxyl groups excluding tert-OH is 1. The van der Waals surface area contributed by atoms with E-state index < -0.39 is 12.7 Å². The molecule has 0 aliphatic rings. The van der Waals surface area contributed by atoms with Gasteiger partial charge in [-0.1, -0.05) is 19.1 Å². The molecular weight excluding hydrogens is 302 g/mol. The molecule has 0 aliphatic heterocycles. The van der Waals surface area contributed by atoms with Crippen LogP contribution in [-0.4, -0.2) is 23.2 Å². The van der Waals surface area contributed by atoms with Gasteiger partial charge in [0.15, 0.2) is 0 Å². The molecule has 124 valence electrons. The molecule has 1 heterocycles. The Morgan fingerprint density at radius 3 is 2.30 bits per heavy atom. The summed E-state index contributed by atoms with van der Waals surface area (Å²) in [5.74, 6) is 0.135. The number of benzene rings is 1. The number of aromatic nitrogens is 1. The highest BCUT2D eigenvalue weighted by Crippen LogP contribution is 2.22. The molecular formula is C17H20F2N2O2. The summed E-state index contributed by atoms with van der Waals surface area (Å²) in [6.07, 6.45) is 3.45. The van der Waals surface area contributed by atoms with E-state index in [1.807, 2.05) is 6.92 Å². The van der Waals surface area contributed by atoms with Crippen molar-refractivity contribution in [2.45, 2.75) is 32.1 Å². The maximum Gasteiger partial charge on any atom is 0.387 e. The van der Waals surface area contributed by atoms with Crippen LogP contribution in [0.3, 0.4) is 0 Å². The number of pyridine rings is 1. The lowest BCUT2D eigenvalue weighted by atomic mass is 10.0. The predicted molar refractivity (Wildman–Crippen MR) is 83.3 cm³/mol. The van der Waals surface area contributed by atoms with Crippen molar-refractivity contribution in [1.29, 1.82) is 0 Å². The van der Waals surface area contributed by atoms with Crippen molar-refractivity contribution in [3.05, 3.63) is 59.9 Å². The molecule has 0 aliphatic carbocycles. The van der Waals surface area contributed by atoms with Crippen molar-refractivity contribution >= 4 is 0 Å². The highest BCUT2D eigenvalue weighted by molar-refractivity contribution is 5.29. The third-order valence-corrected chi connectivity index (χ3v) is 3.56. The molecule has 2 N–H and O–H groups in total. The smallest absolute Gasteiger partial charge is 0.387 e. The minimum atomic E-state index is -2.82. The number of ether oxygens (including phenoxy) is 1. The molecule has 2 unspecified atom stereocenters. The van der Waals surface area contributed by atoms with Crippen LogP contribution in [-0.2, 0) is 0 Å². The molecule has 0 saturated heterocycles. The number of aliphatic hydroxyl groups is 1. The normalized spacial score (nSPS) is 13.8. The van der Waals surface area contributed by atoms with Gasteiger partial charge in [0, 0.05) is 25.0 Å². The van der Waals surface area contributed by atoms with Crippen molar-refractivity contribution < 1.29 is 18.6 Å². The second-order valence-electron chi connectivity index (χ2n) is 5.11. The Hall–Kier alpha value is -2.05. The lowest BCUT2D eigenvalue weighted by molar-refractivity contribution is -0.0498. The van der Waals surface area contributed by atoms with Crippen molar-refractivity contribution in [2.75, 3.05) is 6.54 Å². The van der Waals surface area contributed by atoms with E-state index in [1.165, 1.54) is 12.1 Å². The molecule has 0 fully saturated rings. The monoisotopic (exact) mass is 322 g/mol. The molecule has 1 aromatic heterocycles. The summed E-state index contributed by atoms with van der Waals surface area (Å²) < 4.78 is 28.6. The van der Waals surface area contributed by atoms with Crippen molar-refractivity contribution in [2.24, 2.45) is 0 Å². The Labute approximate surface area is 134 Å². The fourth-order valence-electron chi connectivity index (χ4n) is 2.34. The molecule has 0 spiro atoms. The van der Waals surface area contributed by atoms with Crippen molar-refractivity contribution in [3.63, 3.8) is 0 Å². The van der Waals surface area contributed by atoms with Crippen LogP contribution in [0.25, 0.3) is 0 Å². The zero-order valence-corrected chi connectivity index (χ0v) is 12.8. The number of rotatable bonds is 8. The van der Waals surface area contributed by atoms with Crippen LogP contribution in [0.1, 0.15) is 36.6 Å². The van der Waals surface area contributed by atoms with Gasteiger partial charge >= 0.3 is 6.61 Å². The fraction of sp³-hybridized carbons (Fsp3) is 0.353. The molecule has 23 heavy (non-hydrogen) atoms. The maximum absolute atomic E-state index is 12.1. The van der Waals surface area contributed by atoms with E-state index in [2.05, 4.69) is 15.0 Å². The van der Waals surface area contributed by atoms with E-state index in [-0.39, 0.29) is 11.8 Å². The largest absolute Gasteiger partial charge is 0.435 e. The number of nitrogens with one attached hydrogen (secondary N) is 1. The second kappa shape index (κ2) is 8.55. The molecule has 0 bridgehead atoms. The van der Waals surface area contributed by atoms with E-state index in [9.17, 15) is 13.9 Å². The minimum absolute atomic E-state index is 0.0205. The van der Waals surface area contributed by atoms with E-state index in [0.29, 0.717) is 6.54 Å². The van der Waals surface area contributed by atoms with Crippen LogP contribution < -0.4 is 10.1 Å². The van der Waals surface area contributed by atoms with Gasteiger partial charge in [0.1, 0.15) is 5.75 Å². The molecule has 0 amide bonds. The van der Waals surface area contributed by atoms with Crippen LogP contribution in [0.2, 0.25) is 0 Å². The van der Waals surface area contributed by atoms with Gasteiger partial charge in [-0.15, -0.1) is 0 Å². The molecule has 6 heteroatoms. The summed E-state index contributed by atoms with van der Waals surface area (Å²) >= 11 is 0. The SMILES string of the molecule is CCC(NCC(O)c1ccncc1)c1ccc(OC(F)F)cc1. The predicted octanol–water partition coefficient (Wildman–Crippen LogP) is 3.46. The van der Waals surface area contributed by atoms with Crippen LogP contribution >= 0.6 is 0 Å². The quantitative estimate of drug-likeness (QED) is 0.781. The Morgan fingerprint density at radius 2 is 1.74 bits per heavy atom. The average molecular weight is 322 g/mol. The molecule has 1 aromatic carbocycles. The minimum Gasteiger partial charge on any atom is -0.435 e. The first-order chi connectivity index (χ1) is 11.1. The third kappa shape index (κ3) is 5.26. The first kappa shape index (κ1) is 17.3. The Morgan fingerprint density at radius 1 is 1.09 bits per heavy atom. The third-order valence-electron chi connectivity index (χ3n) is 3.56. The van der Waals surface area contributed by atoms with Gasteiger partial charge in [0.2, 0.25) is 0 Å². The van der Waals surface area contributed by atoms with E-state index in [4.69, 9.17) is 0 Å². The van der Waals surface area contributed by atoms with Gasteiger partial charge in [-0.25, -0.2) is 0 Å². The Balaban J connectivity index is 1.94. The summed E-state index contributed by atoms with van der Waals surface area (Å²) in [7, 11) is 0. The first-order valence-corrected chi connectivity index (χ1v) is 7.46. The van der Waals surface area contributed by atoms with Crippen molar-refractivity contribution in [1.82, 2.24) is 10.3 Å². The summed E-state index contributed by atoms with van der Waals surface area (Å²) in [5, 5.41) is 13.4. The molecule has 0 saturated carbocycles. The second-order valence-corrected chi connectivity index (χ2v) is 5.11. The van der Waals surface area contributed by atoms with Gasteiger partial charge in [-0.3, -0.25) is 4.98 Å². The summed E-state index contributed by atoms with van der Waals surface area (Å²) in [6.45, 7) is -0.422. The Kier molecular flexibility index (Phi) is 6.43. The highest BCUT2D eigenvalue weighted by Gasteiger charge is 2.13. The number of alkyl halides is 2. The van der Waals surface area contributed by atoms with Crippen LogP contribution in [0.5, 0.6) is 5.75 Å². The molecule has 2 atom stereocenters. The number of hydrogen-bond acceptors (Lipinski definition) is 4. The lowest BCUT2D eigenvalue weighted by Crippen LogP contribution is -2.26. The van der Waals surface area contributed by atoms with Gasteiger partial charge in [0.25, 0.3) is 0 Å². The van der Waals surface area contributed by atoms with Crippen LogP contribution in [0.4, 0.5) is 8.78 Å². The number of hydrogen-bond donors (Lipinski definition) is 2. The van der Waals surface area contributed by atoms with Crippen LogP contribution in [0.15, 0.2) is 48.8 Å². The summed E-state index contributed by atoms with van der Waals surface area (Å²) in [5.41, 5.74) is 1.75. The van der Waals surface area contributed by atoms with E-state index >= 15 is 0 Å². The molecule has 2 rings (SSSR count). The van der Waals surface area contributed by atoms with Gasteiger partial charge < -0.3 is 15.2 Å². The summed E-state index contributed by atoms with van der Waals surface area (Å²) in [4.78, 5) is 3.92. The zero-order chi connectivity index (χ0) is 16.7. The average Bonchev–Trinajstić information content (AvgIpc) is 2.57. The van der Waals surface area contributed by atoms with E-state index in [0.717, 1.165) is 17.5 Å². The summed E-state index contributed by atoms with van der Waals surface area (Å²) in [6, 6.07) is 10.1. The van der Waals surface area contributed by atoms with Crippen LogP contribution in [0, 0.1) is 0 Å². The van der Waals surface area contributed by atoms with Gasteiger partial charge in [-0.2, -0.15) is 8.78 Å². The van der Waals surface area contributed by atoms with Gasteiger partial charge in [0.05, 0.1) is 6.10 Å². The first-order valence-electron chi connectivity index (χ1n) is 7.46. The topological polar surface area (TPSA) is 54.4 Å². The number of nitrogens with zero attached hydrogens (tertiary/aromatic N) is 1. The molecule has 2 aromatic rings. The highest BCUT2D eigenvalue weighted by atomic mass is 19.3. The maximum atomic E-state index is 12.1. The van der Waals surface area contributed by atoms with Gasteiger partial charge in [-0.05, 0) is 41.8 Å². The standard InChI is InChI=1S/C17H20F2N2O2/c1-2-15(12-3-5-14(6-4-12)23-17(18)19)21-11-16(22)13-7-9-20-10-8-13/h3-10,15-17,21-22H,2,11H2,1H3.